The van der Waals surface area contributed by atoms with Crippen molar-refractivity contribution in [2.75, 3.05) is 13.2 Å². The molecule has 128 valence electrons. The Labute approximate surface area is 147 Å². The van der Waals surface area contributed by atoms with E-state index in [-0.39, 0.29) is 17.4 Å². The number of carbonyl (C=O) groups is 1. The van der Waals surface area contributed by atoms with E-state index in [0.29, 0.717) is 36.0 Å². The number of carbonyl (C=O) groups excluding carboxylic acids is 1. The van der Waals surface area contributed by atoms with E-state index in [2.05, 4.69) is 5.32 Å². The predicted octanol–water partition coefficient (Wildman–Crippen LogP) is 3.18. The van der Waals surface area contributed by atoms with Gasteiger partial charge in [-0.1, -0.05) is 43.1 Å². The van der Waals surface area contributed by atoms with E-state index < -0.39 is 5.54 Å². The summed E-state index contributed by atoms with van der Waals surface area (Å²) in [5, 5.41) is 4.13. The standard InChI is InChI=1S/C17H24Cl2N2O2/c1-4-23-14-10-17(20,16(14,2)3)15(22)21-8-7-11-5-6-12(18)9-13(11)19/h5-6,9,14H,4,7-8,10,20H2,1-3H3,(H,21,22). The first-order valence-electron chi connectivity index (χ1n) is 7.85. The van der Waals surface area contributed by atoms with Gasteiger partial charge < -0.3 is 15.8 Å². The maximum atomic E-state index is 12.5. The number of nitrogens with one attached hydrogen (secondary N) is 1. The van der Waals surface area contributed by atoms with Gasteiger partial charge in [0.25, 0.3) is 0 Å². The van der Waals surface area contributed by atoms with E-state index in [4.69, 9.17) is 33.7 Å². The van der Waals surface area contributed by atoms with E-state index in [1.165, 1.54) is 0 Å². The molecule has 1 fully saturated rings. The maximum Gasteiger partial charge on any atom is 0.240 e. The molecule has 2 atom stereocenters. The summed E-state index contributed by atoms with van der Waals surface area (Å²) in [6.45, 7) is 7.01. The minimum absolute atomic E-state index is 0.0222. The molecule has 1 aliphatic rings. The molecule has 0 radical (unpaired) electrons. The molecule has 6 heteroatoms. The molecule has 2 unspecified atom stereocenters. The van der Waals surface area contributed by atoms with Crippen molar-refractivity contribution in [3.8, 4) is 0 Å². The molecule has 23 heavy (non-hydrogen) atoms. The van der Waals surface area contributed by atoms with E-state index in [1.54, 1.807) is 12.1 Å². The Hall–Kier alpha value is -0.810. The molecule has 1 amide bonds. The highest BCUT2D eigenvalue weighted by Crippen LogP contribution is 2.49. The van der Waals surface area contributed by atoms with Crippen molar-refractivity contribution in [1.82, 2.24) is 5.32 Å². The van der Waals surface area contributed by atoms with Gasteiger partial charge in [0.1, 0.15) is 5.54 Å². The molecular weight excluding hydrogens is 335 g/mol. The number of amides is 1. The Balaban J connectivity index is 1.90. The van der Waals surface area contributed by atoms with Crippen molar-refractivity contribution in [1.29, 1.82) is 0 Å². The molecule has 1 aromatic carbocycles. The van der Waals surface area contributed by atoms with Gasteiger partial charge in [-0.15, -0.1) is 0 Å². The van der Waals surface area contributed by atoms with E-state index in [9.17, 15) is 4.79 Å². The van der Waals surface area contributed by atoms with Crippen LogP contribution in [0.15, 0.2) is 18.2 Å². The molecule has 0 saturated heterocycles. The molecule has 2 rings (SSSR count). The second kappa shape index (κ2) is 6.98. The van der Waals surface area contributed by atoms with Crippen molar-refractivity contribution in [3.05, 3.63) is 33.8 Å². The first-order chi connectivity index (χ1) is 10.7. The lowest BCUT2D eigenvalue weighted by molar-refractivity contribution is -0.170. The molecular formula is C17H24Cl2N2O2. The minimum atomic E-state index is -0.892. The van der Waals surface area contributed by atoms with Gasteiger partial charge in [-0.2, -0.15) is 0 Å². The third kappa shape index (κ3) is 3.50. The van der Waals surface area contributed by atoms with Gasteiger partial charge in [-0.05, 0) is 31.0 Å². The van der Waals surface area contributed by atoms with Gasteiger partial charge in [0.15, 0.2) is 0 Å². The van der Waals surface area contributed by atoms with Crippen molar-refractivity contribution in [3.63, 3.8) is 0 Å². The van der Waals surface area contributed by atoms with Gasteiger partial charge in [0.2, 0.25) is 5.91 Å². The van der Waals surface area contributed by atoms with Crippen molar-refractivity contribution >= 4 is 29.1 Å². The van der Waals surface area contributed by atoms with Crippen molar-refractivity contribution in [2.24, 2.45) is 11.1 Å². The van der Waals surface area contributed by atoms with E-state index in [1.807, 2.05) is 26.8 Å². The lowest BCUT2D eigenvalue weighted by atomic mass is 9.54. The molecule has 0 bridgehead atoms. The summed E-state index contributed by atoms with van der Waals surface area (Å²) in [7, 11) is 0. The maximum absolute atomic E-state index is 12.5. The molecule has 1 aromatic rings. The van der Waals surface area contributed by atoms with Gasteiger partial charge in [0, 0.05) is 35.0 Å². The van der Waals surface area contributed by atoms with Gasteiger partial charge in [0.05, 0.1) is 6.10 Å². The molecule has 0 aromatic heterocycles. The summed E-state index contributed by atoms with van der Waals surface area (Å²) in [4.78, 5) is 12.5. The second-order valence-corrected chi connectivity index (χ2v) is 7.43. The summed E-state index contributed by atoms with van der Waals surface area (Å²) in [6.07, 6.45) is 1.20. The fourth-order valence-electron chi connectivity index (χ4n) is 3.01. The van der Waals surface area contributed by atoms with Crippen LogP contribution in [0.2, 0.25) is 10.0 Å². The second-order valence-electron chi connectivity index (χ2n) is 6.58. The molecule has 0 heterocycles. The van der Waals surface area contributed by atoms with Crippen LogP contribution in [0.3, 0.4) is 0 Å². The van der Waals surface area contributed by atoms with Crippen LogP contribution in [0.5, 0.6) is 0 Å². The third-order valence-corrected chi connectivity index (χ3v) is 5.52. The highest BCUT2D eigenvalue weighted by Gasteiger charge is 2.62. The summed E-state index contributed by atoms with van der Waals surface area (Å²) < 4.78 is 5.65. The van der Waals surface area contributed by atoms with Crippen LogP contribution in [0.25, 0.3) is 0 Å². The molecule has 0 aliphatic heterocycles. The Morgan fingerprint density at radius 3 is 2.70 bits per heavy atom. The fourth-order valence-corrected chi connectivity index (χ4v) is 3.52. The van der Waals surface area contributed by atoms with Crippen LogP contribution in [-0.4, -0.2) is 30.7 Å². The third-order valence-electron chi connectivity index (χ3n) is 4.93. The SMILES string of the molecule is CCOC1CC(N)(C(=O)NCCc2ccc(Cl)cc2Cl)C1(C)C. The van der Waals surface area contributed by atoms with Crippen LogP contribution >= 0.6 is 23.2 Å². The molecule has 3 N–H and O–H groups in total. The van der Waals surface area contributed by atoms with Crippen LogP contribution in [0.1, 0.15) is 32.8 Å². The number of rotatable bonds is 6. The number of ether oxygens (including phenoxy) is 1. The first kappa shape index (κ1) is 18.5. The van der Waals surface area contributed by atoms with E-state index >= 15 is 0 Å². The van der Waals surface area contributed by atoms with Gasteiger partial charge in [-0.25, -0.2) is 0 Å². The molecule has 0 spiro atoms. The topological polar surface area (TPSA) is 64.3 Å². The van der Waals surface area contributed by atoms with Crippen LogP contribution in [0.4, 0.5) is 0 Å². The zero-order chi connectivity index (χ0) is 17.3. The number of nitrogens with two attached hydrogens (primary N) is 1. The first-order valence-corrected chi connectivity index (χ1v) is 8.60. The van der Waals surface area contributed by atoms with Crippen LogP contribution < -0.4 is 11.1 Å². The summed E-state index contributed by atoms with van der Waals surface area (Å²) in [5.41, 5.74) is 6.01. The van der Waals surface area contributed by atoms with E-state index in [0.717, 1.165) is 5.56 Å². The Bertz CT molecular complexity index is 592. The lowest BCUT2D eigenvalue weighted by Crippen LogP contribution is -2.75. The average molecular weight is 359 g/mol. The molecule has 4 nitrogen and oxygen atoms in total. The zero-order valence-electron chi connectivity index (χ0n) is 13.8. The monoisotopic (exact) mass is 358 g/mol. The number of hydrogen-bond acceptors (Lipinski definition) is 3. The fraction of sp³-hybridized carbons (Fsp3) is 0.588. The quantitative estimate of drug-likeness (QED) is 0.820. The smallest absolute Gasteiger partial charge is 0.240 e. The van der Waals surface area contributed by atoms with Crippen LogP contribution in [-0.2, 0) is 16.0 Å². The predicted molar refractivity (Wildman–Crippen MR) is 93.9 cm³/mol. The number of hydrogen-bond donors (Lipinski definition) is 2. The Morgan fingerprint density at radius 1 is 1.43 bits per heavy atom. The largest absolute Gasteiger partial charge is 0.378 e. The van der Waals surface area contributed by atoms with Gasteiger partial charge >= 0.3 is 0 Å². The Morgan fingerprint density at radius 2 is 2.13 bits per heavy atom. The summed E-state index contributed by atoms with van der Waals surface area (Å²) >= 11 is 12.0. The lowest BCUT2D eigenvalue weighted by Gasteiger charge is -2.57. The number of benzene rings is 1. The number of halogens is 2. The minimum Gasteiger partial charge on any atom is -0.378 e. The molecule has 1 aliphatic carbocycles. The molecule has 1 saturated carbocycles. The van der Waals surface area contributed by atoms with Gasteiger partial charge in [-0.3, -0.25) is 4.79 Å². The van der Waals surface area contributed by atoms with Crippen molar-refractivity contribution < 1.29 is 9.53 Å². The van der Waals surface area contributed by atoms with Crippen molar-refractivity contribution in [2.45, 2.75) is 45.3 Å². The normalized spacial score (nSPS) is 25.7. The zero-order valence-corrected chi connectivity index (χ0v) is 15.3. The summed E-state index contributed by atoms with van der Waals surface area (Å²) in [6, 6.07) is 5.36. The Kier molecular flexibility index (Phi) is 5.62. The average Bonchev–Trinajstić information content (AvgIpc) is 2.48. The summed E-state index contributed by atoms with van der Waals surface area (Å²) in [5.74, 6) is -0.136. The van der Waals surface area contributed by atoms with Crippen LogP contribution in [0, 0.1) is 5.41 Å². The highest BCUT2D eigenvalue weighted by atomic mass is 35.5. The highest BCUT2D eigenvalue weighted by molar-refractivity contribution is 6.35.